The molecular weight excluding hydrogens is 199 g/mol. The van der Waals surface area contributed by atoms with Crippen LogP contribution in [0, 0.1) is 0 Å². The lowest BCUT2D eigenvalue weighted by molar-refractivity contribution is -0.140. The molecule has 82 valence electrons. The molecule has 0 amide bonds. The predicted octanol–water partition coefficient (Wildman–Crippen LogP) is 1.61. The van der Waals surface area contributed by atoms with Gasteiger partial charge in [0, 0.05) is 7.05 Å². The number of carbonyl (C=O) groups excluding carboxylic acids is 1. The molecule has 14 heavy (non-hydrogen) atoms. The lowest BCUT2D eigenvalue weighted by Gasteiger charge is -2.13. The fraction of sp³-hybridized carbons (Fsp3) is 0.625. The molecule has 6 heteroatoms. The summed E-state index contributed by atoms with van der Waals surface area (Å²) in [6.07, 6.45) is -4.56. The molecule has 0 aliphatic rings. The number of carbonyl (C=O) groups is 1. The van der Waals surface area contributed by atoms with Crippen molar-refractivity contribution in [2.75, 3.05) is 13.7 Å². The van der Waals surface area contributed by atoms with Crippen LogP contribution in [0.25, 0.3) is 0 Å². The van der Waals surface area contributed by atoms with Gasteiger partial charge in [0.1, 0.15) is 5.70 Å². The standard InChI is InChI=1S/C8H12F3NO2/c1-4-14-7(13)5(2)6(12-3)8(9,10)11/h12H,4H2,1-3H3. The molecule has 0 aliphatic carbocycles. The summed E-state index contributed by atoms with van der Waals surface area (Å²) in [5.74, 6) is -0.964. The van der Waals surface area contributed by atoms with E-state index in [1.165, 1.54) is 6.92 Å². The van der Waals surface area contributed by atoms with Gasteiger partial charge in [-0.2, -0.15) is 13.2 Å². The largest absolute Gasteiger partial charge is 0.463 e. The molecule has 0 aromatic heterocycles. The van der Waals surface area contributed by atoms with Gasteiger partial charge in [0.15, 0.2) is 0 Å². The zero-order chi connectivity index (χ0) is 11.4. The average Bonchev–Trinajstić information content (AvgIpc) is 2.03. The van der Waals surface area contributed by atoms with Crippen molar-refractivity contribution in [3.05, 3.63) is 11.3 Å². The predicted molar refractivity (Wildman–Crippen MR) is 44.4 cm³/mol. The maximum Gasteiger partial charge on any atom is 0.431 e. The van der Waals surface area contributed by atoms with Crippen molar-refractivity contribution >= 4 is 5.97 Å². The first-order valence-corrected chi connectivity index (χ1v) is 3.97. The van der Waals surface area contributed by atoms with E-state index in [0.29, 0.717) is 0 Å². The van der Waals surface area contributed by atoms with Gasteiger partial charge in [-0.05, 0) is 13.8 Å². The molecule has 0 unspecified atom stereocenters. The van der Waals surface area contributed by atoms with Crippen LogP contribution in [-0.4, -0.2) is 25.8 Å². The molecule has 0 saturated carbocycles. The van der Waals surface area contributed by atoms with E-state index in [2.05, 4.69) is 4.74 Å². The van der Waals surface area contributed by atoms with Crippen LogP contribution in [0.4, 0.5) is 13.2 Å². The van der Waals surface area contributed by atoms with Crippen molar-refractivity contribution < 1.29 is 22.7 Å². The second kappa shape index (κ2) is 4.88. The van der Waals surface area contributed by atoms with Crippen molar-refractivity contribution in [1.29, 1.82) is 0 Å². The molecule has 0 aromatic rings. The Labute approximate surface area is 79.9 Å². The Balaban J connectivity index is 4.93. The number of ether oxygens (including phenoxy) is 1. The number of esters is 1. The van der Waals surface area contributed by atoms with E-state index < -0.39 is 23.4 Å². The Morgan fingerprint density at radius 2 is 1.93 bits per heavy atom. The van der Waals surface area contributed by atoms with Gasteiger partial charge in [-0.25, -0.2) is 4.79 Å². The zero-order valence-electron chi connectivity index (χ0n) is 8.16. The minimum atomic E-state index is -4.56. The second-order valence-electron chi connectivity index (χ2n) is 2.47. The smallest absolute Gasteiger partial charge is 0.431 e. The third-order valence-electron chi connectivity index (χ3n) is 1.49. The number of rotatable bonds is 3. The molecule has 0 spiro atoms. The van der Waals surface area contributed by atoms with Gasteiger partial charge in [-0.3, -0.25) is 0 Å². The van der Waals surface area contributed by atoms with Gasteiger partial charge >= 0.3 is 12.1 Å². The monoisotopic (exact) mass is 211 g/mol. The maximum atomic E-state index is 12.2. The molecule has 0 fully saturated rings. The molecule has 0 radical (unpaired) electrons. The van der Waals surface area contributed by atoms with Crippen LogP contribution in [0.1, 0.15) is 13.8 Å². The first-order chi connectivity index (χ1) is 6.34. The highest BCUT2D eigenvalue weighted by molar-refractivity contribution is 5.88. The molecule has 1 N–H and O–H groups in total. The minimum absolute atomic E-state index is 0.0467. The van der Waals surface area contributed by atoms with E-state index in [1.807, 2.05) is 5.32 Å². The third kappa shape index (κ3) is 3.27. The summed E-state index contributed by atoms with van der Waals surface area (Å²) >= 11 is 0. The van der Waals surface area contributed by atoms with Crippen LogP contribution in [0.15, 0.2) is 11.3 Å². The van der Waals surface area contributed by atoms with Crippen molar-refractivity contribution in [2.24, 2.45) is 0 Å². The fourth-order valence-corrected chi connectivity index (χ4v) is 0.883. The van der Waals surface area contributed by atoms with E-state index in [9.17, 15) is 18.0 Å². The van der Waals surface area contributed by atoms with Gasteiger partial charge in [-0.1, -0.05) is 0 Å². The molecule has 0 atom stereocenters. The zero-order valence-corrected chi connectivity index (χ0v) is 8.16. The first-order valence-electron chi connectivity index (χ1n) is 3.97. The molecule has 0 heterocycles. The highest BCUT2D eigenvalue weighted by Gasteiger charge is 2.36. The van der Waals surface area contributed by atoms with Crippen LogP contribution in [0.2, 0.25) is 0 Å². The normalized spacial score (nSPS) is 13.3. The Bertz CT molecular complexity index is 245. The molecule has 0 aliphatic heterocycles. The first kappa shape index (κ1) is 12.8. The fourth-order valence-electron chi connectivity index (χ4n) is 0.883. The lowest BCUT2D eigenvalue weighted by Crippen LogP contribution is -2.27. The van der Waals surface area contributed by atoms with Gasteiger partial charge in [0.2, 0.25) is 0 Å². The molecule has 3 nitrogen and oxygen atoms in total. The summed E-state index contributed by atoms with van der Waals surface area (Å²) in [4.78, 5) is 11.0. The average molecular weight is 211 g/mol. The molecule has 0 bridgehead atoms. The maximum absolute atomic E-state index is 12.2. The van der Waals surface area contributed by atoms with Crippen molar-refractivity contribution in [3.8, 4) is 0 Å². The lowest BCUT2D eigenvalue weighted by atomic mass is 10.2. The molecular formula is C8H12F3NO2. The summed E-state index contributed by atoms with van der Waals surface area (Å²) in [7, 11) is 1.10. The highest BCUT2D eigenvalue weighted by atomic mass is 19.4. The summed E-state index contributed by atoms with van der Waals surface area (Å²) in [6, 6.07) is 0. The SMILES string of the molecule is CCOC(=O)C(C)=C(NC)C(F)(F)F. The van der Waals surface area contributed by atoms with E-state index in [0.717, 1.165) is 14.0 Å². The number of nitrogens with one attached hydrogen (secondary N) is 1. The van der Waals surface area contributed by atoms with Crippen LogP contribution in [0.5, 0.6) is 0 Å². The topological polar surface area (TPSA) is 38.3 Å². The van der Waals surface area contributed by atoms with E-state index in [1.54, 1.807) is 0 Å². The third-order valence-corrected chi connectivity index (χ3v) is 1.49. The molecule has 0 saturated heterocycles. The van der Waals surface area contributed by atoms with Gasteiger partial charge in [-0.15, -0.1) is 0 Å². The molecule has 0 aromatic carbocycles. The number of allylic oxidation sites excluding steroid dienone is 1. The summed E-state index contributed by atoms with van der Waals surface area (Å²) in [5.41, 5.74) is -1.54. The molecule has 0 rings (SSSR count). The Morgan fingerprint density at radius 3 is 2.21 bits per heavy atom. The number of hydrogen-bond donors (Lipinski definition) is 1. The van der Waals surface area contributed by atoms with Crippen LogP contribution < -0.4 is 5.32 Å². The summed E-state index contributed by atoms with van der Waals surface area (Å²) < 4.78 is 41.2. The summed E-state index contributed by atoms with van der Waals surface area (Å²) in [6.45, 7) is 2.64. The highest BCUT2D eigenvalue weighted by Crippen LogP contribution is 2.26. The van der Waals surface area contributed by atoms with Gasteiger partial charge < -0.3 is 10.1 Å². The van der Waals surface area contributed by atoms with Crippen molar-refractivity contribution in [1.82, 2.24) is 5.32 Å². The quantitative estimate of drug-likeness (QED) is 0.569. The number of halogens is 3. The van der Waals surface area contributed by atoms with Crippen LogP contribution in [-0.2, 0) is 9.53 Å². The number of alkyl halides is 3. The second-order valence-corrected chi connectivity index (χ2v) is 2.47. The Hall–Kier alpha value is -1.20. The minimum Gasteiger partial charge on any atom is -0.463 e. The number of hydrogen-bond acceptors (Lipinski definition) is 3. The Kier molecular flexibility index (Phi) is 4.46. The van der Waals surface area contributed by atoms with E-state index in [-0.39, 0.29) is 6.61 Å². The summed E-state index contributed by atoms with van der Waals surface area (Å²) in [5, 5.41) is 1.93. The van der Waals surface area contributed by atoms with Gasteiger partial charge in [0.25, 0.3) is 0 Å². The van der Waals surface area contributed by atoms with Crippen LogP contribution in [0.3, 0.4) is 0 Å². The van der Waals surface area contributed by atoms with Crippen LogP contribution >= 0.6 is 0 Å². The van der Waals surface area contributed by atoms with Crippen molar-refractivity contribution in [3.63, 3.8) is 0 Å². The van der Waals surface area contributed by atoms with Gasteiger partial charge in [0.05, 0.1) is 12.2 Å². The Morgan fingerprint density at radius 1 is 1.43 bits per heavy atom. The van der Waals surface area contributed by atoms with E-state index >= 15 is 0 Å². The van der Waals surface area contributed by atoms with E-state index in [4.69, 9.17) is 0 Å². The van der Waals surface area contributed by atoms with Crippen molar-refractivity contribution in [2.45, 2.75) is 20.0 Å².